The molecule has 1 aliphatic carbocycles. The third-order valence-electron chi connectivity index (χ3n) is 3.14. The van der Waals surface area contributed by atoms with Crippen LogP contribution in [0.2, 0.25) is 0 Å². The molecule has 2 rings (SSSR count). The Labute approximate surface area is 113 Å². The highest BCUT2D eigenvalue weighted by molar-refractivity contribution is 5.90. The molecule has 4 heteroatoms. The zero-order chi connectivity index (χ0) is 13.5. The van der Waals surface area contributed by atoms with Crippen molar-refractivity contribution >= 4 is 11.6 Å². The normalized spacial score (nSPS) is 13.8. The van der Waals surface area contributed by atoms with Crippen molar-refractivity contribution in [3.05, 3.63) is 29.8 Å². The molecule has 19 heavy (non-hydrogen) atoms. The number of benzene rings is 1. The van der Waals surface area contributed by atoms with Crippen molar-refractivity contribution in [2.24, 2.45) is 5.92 Å². The van der Waals surface area contributed by atoms with Crippen molar-refractivity contribution in [1.29, 1.82) is 5.26 Å². The summed E-state index contributed by atoms with van der Waals surface area (Å²) in [4.78, 5) is 11.6. The highest BCUT2D eigenvalue weighted by atomic mass is 16.5. The van der Waals surface area contributed by atoms with E-state index in [0.29, 0.717) is 24.3 Å². The monoisotopic (exact) mass is 258 g/mol. The molecule has 0 radical (unpaired) electrons. The fourth-order valence-electron chi connectivity index (χ4n) is 1.78. The van der Waals surface area contributed by atoms with Gasteiger partial charge in [-0.15, -0.1) is 0 Å². The van der Waals surface area contributed by atoms with Gasteiger partial charge in [-0.25, -0.2) is 0 Å². The third kappa shape index (κ3) is 5.11. The molecule has 1 saturated carbocycles. The van der Waals surface area contributed by atoms with Gasteiger partial charge in [0.2, 0.25) is 5.91 Å². The molecular weight excluding hydrogens is 240 g/mol. The molecule has 0 atom stereocenters. The van der Waals surface area contributed by atoms with Gasteiger partial charge in [0.1, 0.15) is 0 Å². The Balaban J connectivity index is 1.61. The lowest BCUT2D eigenvalue weighted by molar-refractivity contribution is -0.117. The number of carbonyl (C=O) groups excluding carboxylic acids is 1. The van der Waals surface area contributed by atoms with E-state index in [1.54, 1.807) is 24.3 Å². The molecular formula is C15H18N2O2. The van der Waals surface area contributed by atoms with Crippen molar-refractivity contribution in [3.63, 3.8) is 0 Å². The van der Waals surface area contributed by atoms with Crippen LogP contribution in [0.3, 0.4) is 0 Å². The van der Waals surface area contributed by atoms with Crippen molar-refractivity contribution < 1.29 is 9.53 Å². The molecule has 100 valence electrons. The largest absolute Gasteiger partial charge is 0.381 e. The second-order valence-corrected chi connectivity index (χ2v) is 4.83. The summed E-state index contributed by atoms with van der Waals surface area (Å²) in [5.41, 5.74) is 1.29. The van der Waals surface area contributed by atoms with E-state index < -0.39 is 0 Å². The van der Waals surface area contributed by atoms with E-state index in [0.717, 1.165) is 18.9 Å². The van der Waals surface area contributed by atoms with E-state index in [-0.39, 0.29) is 5.91 Å². The number of amides is 1. The summed E-state index contributed by atoms with van der Waals surface area (Å²) in [6, 6.07) is 8.86. The molecule has 1 aromatic carbocycles. The Hall–Kier alpha value is -1.86. The van der Waals surface area contributed by atoms with Crippen LogP contribution in [-0.4, -0.2) is 19.1 Å². The van der Waals surface area contributed by atoms with Crippen LogP contribution in [0.5, 0.6) is 0 Å². The summed E-state index contributed by atoms with van der Waals surface area (Å²) >= 11 is 0. The molecule has 1 amide bonds. The lowest BCUT2D eigenvalue weighted by Gasteiger charge is -2.06. The van der Waals surface area contributed by atoms with Gasteiger partial charge in [-0.1, -0.05) is 12.8 Å². The van der Waals surface area contributed by atoms with Crippen LogP contribution in [0, 0.1) is 17.2 Å². The maximum Gasteiger partial charge on any atom is 0.226 e. The number of nitrogens with one attached hydrogen (secondary N) is 1. The number of carbonyl (C=O) groups is 1. The number of rotatable bonds is 7. The standard InChI is InChI=1S/C15H18N2O2/c16-11-13-3-5-14(6-4-13)17-15(18)8-10-19-9-7-12-1-2-12/h3-6,12H,1-2,7-10H2,(H,17,18). The maximum absolute atomic E-state index is 11.6. The number of nitriles is 1. The van der Waals surface area contributed by atoms with E-state index in [1.165, 1.54) is 12.8 Å². The summed E-state index contributed by atoms with van der Waals surface area (Å²) in [6.45, 7) is 1.23. The van der Waals surface area contributed by atoms with Gasteiger partial charge in [0.25, 0.3) is 0 Å². The summed E-state index contributed by atoms with van der Waals surface area (Å²) in [5.74, 6) is 0.809. The van der Waals surface area contributed by atoms with E-state index in [1.807, 2.05) is 6.07 Å². The SMILES string of the molecule is N#Cc1ccc(NC(=O)CCOCCC2CC2)cc1. The second kappa shape index (κ2) is 6.91. The molecule has 0 spiro atoms. The molecule has 0 unspecified atom stereocenters. The molecule has 1 fully saturated rings. The summed E-state index contributed by atoms with van der Waals surface area (Å²) in [6.07, 6.45) is 4.16. The molecule has 1 aliphatic rings. The zero-order valence-electron chi connectivity index (χ0n) is 10.9. The molecule has 0 saturated heterocycles. The number of nitrogens with zero attached hydrogens (tertiary/aromatic N) is 1. The van der Waals surface area contributed by atoms with E-state index in [9.17, 15) is 4.79 Å². The zero-order valence-corrected chi connectivity index (χ0v) is 10.9. The number of ether oxygens (including phenoxy) is 1. The molecule has 0 aromatic heterocycles. The summed E-state index contributed by atoms with van der Waals surface area (Å²) in [5, 5.41) is 11.4. The molecule has 0 aliphatic heterocycles. The average Bonchev–Trinajstić information content (AvgIpc) is 3.23. The fourth-order valence-corrected chi connectivity index (χ4v) is 1.78. The number of hydrogen-bond acceptors (Lipinski definition) is 3. The third-order valence-corrected chi connectivity index (χ3v) is 3.14. The van der Waals surface area contributed by atoms with Gasteiger partial charge >= 0.3 is 0 Å². The Kier molecular flexibility index (Phi) is 4.93. The van der Waals surface area contributed by atoms with Crippen LogP contribution in [0.4, 0.5) is 5.69 Å². The Bertz CT molecular complexity index is 458. The Morgan fingerprint density at radius 2 is 2.05 bits per heavy atom. The van der Waals surface area contributed by atoms with Crippen LogP contribution >= 0.6 is 0 Å². The van der Waals surface area contributed by atoms with Crippen LogP contribution in [-0.2, 0) is 9.53 Å². The van der Waals surface area contributed by atoms with Crippen molar-refractivity contribution in [1.82, 2.24) is 0 Å². The lowest BCUT2D eigenvalue weighted by atomic mass is 10.2. The van der Waals surface area contributed by atoms with E-state index in [2.05, 4.69) is 5.32 Å². The maximum atomic E-state index is 11.6. The molecule has 1 aromatic rings. The fraction of sp³-hybridized carbons (Fsp3) is 0.467. The molecule has 4 nitrogen and oxygen atoms in total. The minimum atomic E-state index is -0.0591. The quantitative estimate of drug-likeness (QED) is 0.765. The van der Waals surface area contributed by atoms with Crippen molar-refractivity contribution in [3.8, 4) is 6.07 Å². The average molecular weight is 258 g/mol. The molecule has 0 heterocycles. The molecule has 0 bridgehead atoms. The smallest absolute Gasteiger partial charge is 0.226 e. The predicted octanol–water partition coefficient (Wildman–Crippen LogP) is 2.70. The first-order chi connectivity index (χ1) is 9.28. The van der Waals surface area contributed by atoms with Gasteiger partial charge in [-0.05, 0) is 36.6 Å². The van der Waals surface area contributed by atoms with Crippen LogP contribution < -0.4 is 5.32 Å². The van der Waals surface area contributed by atoms with Crippen LogP contribution in [0.15, 0.2) is 24.3 Å². The summed E-state index contributed by atoms with van der Waals surface area (Å²) < 4.78 is 5.43. The first-order valence-corrected chi connectivity index (χ1v) is 6.65. The van der Waals surface area contributed by atoms with Gasteiger partial charge in [0.05, 0.1) is 24.7 Å². The van der Waals surface area contributed by atoms with Gasteiger partial charge in [-0.3, -0.25) is 4.79 Å². The number of hydrogen-bond donors (Lipinski definition) is 1. The predicted molar refractivity (Wildman–Crippen MR) is 72.6 cm³/mol. The van der Waals surface area contributed by atoms with Gasteiger partial charge in [0.15, 0.2) is 0 Å². The summed E-state index contributed by atoms with van der Waals surface area (Å²) in [7, 11) is 0. The topological polar surface area (TPSA) is 62.1 Å². The minimum Gasteiger partial charge on any atom is -0.381 e. The first-order valence-electron chi connectivity index (χ1n) is 6.65. The first kappa shape index (κ1) is 13.6. The van der Waals surface area contributed by atoms with Crippen molar-refractivity contribution in [2.75, 3.05) is 18.5 Å². The minimum absolute atomic E-state index is 0.0591. The van der Waals surface area contributed by atoms with E-state index in [4.69, 9.17) is 10.00 Å². The van der Waals surface area contributed by atoms with Gasteiger partial charge in [-0.2, -0.15) is 5.26 Å². The van der Waals surface area contributed by atoms with Gasteiger partial charge < -0.3 is 10.1 Å². The molecule has 1 N–H and O–H groups in total. The Morgan fingerprint density at radius 1 is 1.32 bits per heavy atom. The van der Waals surface area contributed by atoms with Crippen LogP contribution in [0.25, 0.3) is 0 Å². The van der Waals surface area contributed by atoms with Gasteiger partial charge in [0, 0.05) is 12.3 Å². The lowest BCUT2D eigenvalue weighted by Crippen LogP contribution is -2.14. The van der Waals surface area contributed by atoms with Crippen molar-refractivity contribution in [2.45, 2.75) is 25.7 Å². The highest BCUT2D eigenvalue weighted by Crippen LogP contribution is 2.32. The highest BCUT2D eigenvalue weighted by Gasteiger charge is 2.20. The van der Waals surface area contributed by atoms with E-state index >= 15 is 0 Å². The Morgan fingerprint density at radius 3 is 2.68 bits per heavy atom. The number of anilines is 1. The van der Waals surface area contributed by atoms with Crippen LogP contribution in [0.1, 0.15) is 31.2 Å². The second-order valence-electron chi connectivity index (χ2n) is 4.83.